The summed E-state index contributed by atoms with van der Waals surface area (Å²) < 4.78 is 0. The van der Waals surface area contributed by atoms with E-state index in [0.29, 0.717) is 0 Å². The van der Waals surface area contributed by atoms with Crippen molar-refractivity contribution in [3.8, 4) is 0 Å². The van der Waals surface area contributed by atoms with Gasteiger partial charge in [-0.1, -0.05) is 13.0 Å². The molecule has 0 aromatic carbocycles. The molecule has 0 amide bonds. The lowest BCUT2D eigenvalue weighted by Gasteiger charge is -2.16. The van der Waals surface area contributed by atoms with E-state index in [-0.39, 0.29) is 0 Å². The van der Waals surface area contributed by atoms with Crippen molar-refractivity contribution >= 4 is 23.2 Å². The molecule has 0 saturated carbocycles. The second kappa shape index (κ2) is 4.09. The van der Waals surface area contributed by atoms with Crippen LogP contribution in [-0.2, 0) is 0 Å². The normalized spacial score (nSPS) is 21.8. The summed E-state index contributed by atoms with van der Waals surface area (Å²) in [5, 5.41) is 0. The Morgan fingerprint density at radius 2 is 2.36 bits per heavy atom. The van der Waals surface area contributed by atoms with Crippen molar-refractivity contribution in [2.45, 2.75) is 26.2 Å². The fourth-order valence-corrected chi connectivity index (χ4v) is 2.67. The highest BCUT2D eigenvalue weighted by molar-refractivity contribution is 7.14. The number of hydrogen-bond donors (Lipinski definition) is 0. The first-order chi connectivity index (χ1) is 6.79. The highest BCUT2D eigenvalue weighted by Gasteiger charge is 2.12. The minimum absolute atomic E-state index is 0.823. The number of hydrogen-bond acceptors (Lipinski definition) is 2. The number of allylic oxidation sites excluding steroid dienone is 2. The van der Waals surface area contributed by atoms with E-state index < -0.39 is 0 Å². The molecule has 0 spiro atoms. The molecular weight excluding hydrogens is 192 g/mol. The average molecular weight is 206 g/mol. The molecule has 1 aliphatic rings. The number of carbonyl (C=O) groups excluding carboxylic acids is 1. The van der Waals surface area contributed by atoms with Gasteiger partial charge in [0.15, 0.2) is 6.29 Å². The highest BCUT2D eigenvalue weighted by Crippen LogP contribution is 2.33. The molecule has 74 valence electrons. The third kappa shape index (κ3) is 1.95. The van der Waals surface area contributed by atoms with Gasteiger partial charge in [0.25, 0.3) is 0 Å². The Bertz CT molecular complexity index is 362. The van der Waals surface area contributed by atoms with Crippen LogP contribution in [0.5, 0.6) is 0 Å². The van der Waals surface area contributed by atoms with Crippen LogP contribution in [0.2, 0.25) is 0 Å². The molecule has 0 bridgehead atoms. The van der Waals surface area contributed by atoms with Crippen LogP contribution >= 0.6 is 11.3 Å². The van der Waals surface area contributed by atoms with E-state index in [2.05, 4.69) is 19.1 Å². The lowest BCUT2D eigenvalue weighted by Crippen LogP contribution is -1.99. The highest BCUT2D eigenvalue weighted by atomic mass is 32.1. The third-order valence-corrected chi connectivity index (χ3v) is 3.82. The van der Waals surface area contributed by atoms with Crippen LogP contribution in [0.3, 0.4) is 0 Å². The SMILES string of the molecule is CC1CC=C(c2ccc(C=O)s2)CC1. The van der Waals surface area contributed by atoms with Crippen molar-refractivity contribution in [2.75, 3.05) is 0 Å². The van der Waals surface area contributed by atoms with Crippen LogP contribution in [0.1, 0.15) is 40.7 Å². The van der Waals surface area contributed by atoms with Gasteiger partial charge in [-0.05, 0) is 42.9 Å². The van der Waals surface area contributed by atoms with Gasteiger partial charge in [0.1, 0.15) is 0 Å². The fraction of sp³-hybridized carbons (Fsp3) is 0.417. The van der Waals surface area contributed by atoms with E-state index in [9.17, 15) is 4.79 Å². The number of carbonyl (C=O) groups is 1. The lowest BCUT2D eigenvalue weighted by atomic mass is 9.90. The quantitative estimate of drug-likeness (QED) is 0.673. The van der Waals surface area contributed by atoms with Crippen molar-refractivity contribution in [1.82, 2.24) is 0 Å². The third-order valence-electron chi connectivity index (χ3n) is 2.73. The Hall–Kier alpha value is -0.890. The van der Waals surface area contributed by atoms with E-state index >= 15 is 0 Å². The molecule has 2 heteroatoms. The van der Waals surface area contributed by atoms with Gasteiger partial charge in [-0.15, -0.1) is 11.3 Å². The standard InChI is InChI=1S/C12H14OS/c1-9-2-4-10(5-3-9)12-7-6-11(8-13)14-12/h4,6-9H,2-3,5H2,1H3. The smallest absolute Gasteiger partial charge is 0.160 e. The Morgan fingerprint density at radius 1 is 1.50 bits per heavy atom. The van der Waals surface area contributed by atoms with Crippen molar-refractivity contribution in [1.29, 1.82) is 0 Å². The van der Waals surface area contributed by atoms with Crippen LogP contribution in [0.4, 0.5) is 0 Å². The van der Waals surface area contributed by atoms with E-state index in [1.54, 1.807) is 11.3 Å². The molecule has 0 saturated heterocycles. The van der Waals surface area contributed by atoms with Gasteiger partial charge in [-0.25, -0.2) is 0 Å². The zero-order chi connectivity index (χ0) is 9.97. The zero-order valence-corrected chi connectivity index (χ0v) is 9.14. The van der Waals surface area contributed by atoms with Crippen molar-refractivity contribution in [2.24, 2.45) is 5.92 Å². The van der Waals surface area contributed by atoms with Gasteiger partial charge in [0.05, 0.1) is 4.88 Å². The number of rotatable bonds is 2. The van der Waals surface area contributed by atoms with Gasteiger partial charge in [-0.2, -0.15) is 0 Å². The van der Waals surface area contributed by atoms with Crippen molar-refractivity contribution in [3.63, 3.8) is 0 Å². The molecule has 0 aliphatic heterocycles. The minimum Gasteiger partial charge on any atom is -0.297 e. The molecule has 1 heterocycles. The summed E-state index contributed by atoms with van der Waals surface area (Å²) in [6.07, 6.45) is 6.89. The van der Waals surface area contributed by atoms with E-state index in [4.69, 9.17) is 0 Å². The Balaban J connectivity index is 2.19. The average Bonchev–Trinajstić information content (AvgIpc) is 2.67. The van der Waals surface area contributed by atoms with E-state index in [1.807, 2.05) is 6.07 Å². The molecule has 1 aliphatic carbocycles. The maximum Gasteiger partial charge on any atom is 0.160 e. The first kappa shape index (κ1) is 9.66. The molecule has 0 radical (unpaired) electrons. The predicted octanol–water partition coefficient (Wildman–Crippen LogP) is 3.76. The summed E-state index contributed by atoms with van der Waals surface area (Å²) in [7, 11) is 0. The monoisotopic (exact) mass is 206 g/mol. The van der Waals surface area contributed by atoms with Crippen LogP contribution in [0.25, 0.3) is 5.57 Å². The molecule has 0 fully saturated rings. The summed E-state index contributed by atoms with van der Waals surface area (Å²) in [6.45, 7) is 2.29. The van der Waals surface area contributed by atoms with Gasteiger partial charge in [-0.3, -0.25) is 4.79 Å². The molecular formula is C12H14OS. The number of aldehydes is 1. The number of thiophene rings is 1. The van der Waals surface area contributed by atoms with Crippen LogP contribution in [-0.4, -0.2) is 6.29 Å². The molecule has 14 heavy (non-hydrogen) atoms. The Labute approximate surface area is 88.5 Å². The summed E-state index contributed by atoms with van der Waals surface area (Å²) in [6, 6.07) is 3.97. The Morgan fingerprint density at radius 3 is 2.93 bits per heavy atom. The summed E-state index contributed by atoms with van der Waals surface area (Å²) in [5.74, 6) is 0.823. The van der Waals surface area contributed by atoms with E-state index in [1.165, 1.54) is 29.7 Å². The van der Waals surface area contributed by atoms with Gasteiger partial charge >= 0.3 is 0 Å². The Kier molecular flexibility index (Phi) is 2.82. The van der Waals surface area contributed by atoms with Crippen LogP contribution in [0, 0.1) is 5.92 Å². The van der Waals surface area contributed by atoms with E-state index in [0.717, 1.165) is 17.1 Å². The molecule has 1 atom stereocenters. The first-order valence-corrected chi connectivity index (χ1v) is 5.85. The lowest BCUT2D eigenvalue weighted by molar-refractivity contribution is 0.112. The summed E-state index contributed by atoms with van der Waals surface area (Å²) in [4.78, 5) is 12.7. The van der Waals surface area contributed by atoms with Crippen LogP contribution < -0.4 is 0 Å². The topological polar surface area (TPSA) is 17.1 Å². The molecule has 1 unspecified atom stereocenters. The first-order valence-electron chi connectivity index (χ1n) is 5.04. The summed E-state index contributed by atoms with van der Waals surface area (Å²) in [5.41, 5.74) is 1.43. The maximum atomic E-state index is 10.5. The molecule has 2 rings (SSSR count). The van der Waals surface area contributed by atoms with Gasteiger partial charge in [0, 0.05) is 4.88 Å². The largest absolute Gasteiger partial charge is 0.297 e. The molecule has 1 aromatic heterocycles. The second-order valence-corrected chi connectivity index (χ2v) is 5.04. The molecule has 1 nitrogen and oxygen atoms in total. The van der Waals surface area contributed by atoms with Gasteiger partial charge in [0.2, 0.25) is 0 Å². The predicted molar refractivity (Wildman–Crippen MR) is 60.7 cm³/mol. The molecule has 0 N–H and O–H groups in total. The minimum atomic E-state index is 0.823. The zero-order valence-electron chi connectivity index (χ0n) is 8.32. The fourth-order valence-electron chi connectivity index (χ4n) is 1.78. The van der Waals surface area contributed by atoms with Gasteiger partial charge < -0.3 is 0 Å². The van der Waals surface area contributed by atoms with Crippen molar-refractivity contribution in [3.05, 3.63) is 28.0 Å². The maximum absolute atomic E-state index is 10.5. The van der Waals surface area contributed by atoms with Crippen LogP contribution in [0.15, 0.2) is 18.2 Å². The molecule has 1 aromatic rings. The van der Waals surface area contributed by atoms with Crippen molar-refractivity contribution < 1.29 is 4.79 Å². The summed E-state index contributed by atoms with van der Waals surface area (Å²) >= 11 is 1.60. The second-order valence-electron chi connectivity index (χ2n) is 3.93.